The van der Waals surface area contributed by atoms with Gasteiger partial charge < -0.3 is 15.2 Å². The molecule has 1 aliphatic heterocycles. The number of nitrogens with zero attached hydrogens (tertiary/aromatic N) is 4. The number of carbonyl (C=O) groups excluding carboxylic acids is 1. The molecule has 2 aromatic carbocycles. The van der Waals surface area contributed by atoms with E-state index in [-0.39, 0.29) is 17.2 Å². The van der Waals surface area contributed by atoms with Gasteiger partial charge >= 0.3 is 0 Å². The Kier molecular flexibility index (Phi) is 6.16. The van der Waals surface area contributed by atoms with Gasteiger partial charge in [-0.25, -0.2) is 4.68 Å². The number of carbonyl (C=O) groups is 1. The standard InChI is InChI=1S/C24H23N5O5S/c1-2-34-20-12-15(9-10-18(20)30)22-21-17(7-4-8-19(21)31)25-23-26-24(27-28(22)23)35-13-14-5-3-6-16(11-14)29(32)33/h3,5-6,9-12,22,30H,2,4,7-8,13H2,1H3,(H,25,26,27). The second-order valence-corrected chi connectivity index (χ2v) is 9.18. The van der Waals surface area contributed by atoms with Crippen LogP contribution < -0.4 is 10.1 Å². The lowest BCUT2D eigenvalue weighted by Gasteiger charge is -2.32. The molecule has 3 aromatic rings. The molecule has 35 heavy (non-hydrogen) atoms. The van der Waals surface area contributed by atoms with E-state index in [0.29, 0.717) is 41.2 Å². The fourth-order valence-electron chi connectivity index (χ4n) is 4.39. The second-order valence-electron chi connectivity index (χ2n) is 8.23. The van der Waals surface area contributed by atoms with Gasteiger partial charge in [0, 0.05) is 35.6 Å². The van der Waals surface area contributed by atoms with E-state index < -0.39 is 11.0 Å². The van der Waals surface area contributed by atoms with Gasteiger partial charge in [-0.15, -0.1) is 5.10 Å². The van der Waals surface area contributed by atoms with Gasteiger partial charge in [-0.2, -0.15) is 4.98 Å². The van der Waals surface area contributed by atoms with Gasteiger partial charge in [0.05, 0.1) is 11.5 Å². The number of ketones is 1. The monoisotopic (exact) mass is 493 g/mol. The molecule has 0 radical (unpaired) electrons. The van der Waals surface area contributed by atoms with Crippen molar-refractivity contribution in [2.45, 2.75) is 43.1 Å². The van der Waals surface area contributed by atoms with Crippen molar-refractivity contribution in [2.75, 3.05) is 11.9 Å². The zero-order chi connectivity index (χ0) is 24.5. The van der Waals surface area contributed by atoms with E-state index in [1.165, 1.54) is 23.9 Å². The first-order valence-electron chi connectivity index (χ1n) is 11.3. The first kappa shape index (κ1) is 22.9. The second kappa shape index (κ2) is 9.41. The van der Waals surface area contributed by atoms with Crippen LogP contribution in [0.4, 0.5) is 11.6 Å². The lowest BCUT2D eigenvalue weighted by atomic mass is 9.85. The molecule has 2 N–H and O–H groups in total. The van der Waals surface area contributed by atoms with Crippen molar-refractivity contribution in [3.05, 3.63) is 75.0 Å². The highest BCUT2D eigenvalue weighted by Crippen LogP contribution is 2.42. The molecule has 1 aromatic heterocycles. The third kappa shape index (κ3) is 4.46. The summed E-state index contributed by atoms with van der Waals surface area (Å²) in [7, 11) is 0. The summed E-state index contributed by atoms with van der Waals surface area (Å²) in [5, 5.41) is 29.7. The predicted octanol–water partition coefficient (Wildman–Crippen LogP) is 4.60. The summed E-state index contributed by atoms with van der Waals surface area (Å²) in [5.74, 6) is 1.41. The van der Waals surface area contributed by atoms with Crippen molar-refractivity contribution >= 4 is 29.2 Å². The number of nitrogens with one attached hydrogen (secondary N) is 1. The van der Waals surface area contributed by atoms with Gasteiger partial charge in [0.25, 0.3) is 5.69 Å². The third-order valence-corrected chi connectivity index (χ3v) is 6.85. The topological polar surface area (TPSA) is 132 Å². The number of nitro benzene ring substituents is 1. The predicted molar refractivity (Wildman–Crippen MR) is 130 cm³/mol. The molecule has 1 atom stereocenters. The average Bonchev–Trinajstić information content (AvgIpc) is 3.26. The fraction of sp³-hybridized carbons (Fsp3) is 0.292. The maximum absolute atomic E-state index is 13.0. The molecule has 2 heterocycles. The molecule has 180 valence electrons. The number of Topliss-reactive ketones (excluding diaryl/α,β-unsaturated/α-hetero) is 1. The Hall–Kier alpha value is -3.86. The number of aromatic nitrogens is 3. The van der Waals surface area contributed by atoms with E-state index in [2.05, 4.69) is 15.4 Å². The molecule has 0 saturated heterocycles. The molecule has 1 unspecified atom stereocenters. The number of hydrogen-bond acceptors (Lipinski definition) is 9. The molecule has 1 aliphatic carbocycles. The molecule has 0 bridgehead atoms. The van der Waals surface area contributed by atoms with Crippen LogP contribution >= 0.6 is 11.8 Å². The van der Waals surface area contributed by atoms with Crippen LogP contribution in [0.25, 0.3) is 0 Å². The lowest BCUT2D eigenvalue weighted by molar-refractivity contribution is -0.384. The maximum Gasteiger partial charge on any atom is 0.269 e. The zero-order valence-corrected chi connectivity index (χ0v) is 19.7. The van der Waals surface area contributed by atoms with Gasteiger partial charge in [-0.1, -0.05) is 30.0 Å². The Bertz CT molecular complexity index is 1350. The Balaban J connectivity index is 1.50. The number of allylic oxidation sites excluding steroid dienone is 2. The van der Waals surface area contributed by atoms with Gasteiger partial charge in [0.2, 0.25) is 11.1 Å². The van der Waals surface area contributed by atoms with Crippen LogP contribution in [-0.4, -0.2) is 37.2 Å². The summed E-state index contributed by atoms with van der Waals surface area (Å²) < 4.78 is 7.27. The van der Waals surface area contributed by atoms with Gasteiger partial charge in [0.1, 0.15) is 6.04 Å². The number of hydrogen-bond donors (Lipinski definition) is 2. The van der Waals surface area contributed by atoms with Gasteiger partial charge in [-0.3, -0.25) is 14.9 Å². The average molecular weight is 494 g/mol. The number of fused-ring (bicyclic) bond motifs is 1. The van der Waals surface area contributed by atoms with Crippen LogP contribution in [0.2, 0.25) is 0 Å². The third-order valence-electron chi connectivity index (χ3n) is 5.94. The van der Waals surface area contributed by atoms with E-state index in [1.54, 1.807) is 28.9 Å². The van der Waals surface area contributed by atoms with E-state index >= 15 is 0 Å². The molecule has 2 aliphatic rings. The van der Waals surface area contributed by atoms with Crippen LogP contribution in [0.3, 0.4) is 0 Å². The Morgan fingerprint density at radius 2 is 2.14 bits per heavy atom. The number of thioether (sulfide) groups is 1. The number of ether oxygens (including phenoxy) is 1. The van der Waals surface area contributed by atoms with Crippen molar-refractivity contribution in [1.82, 2.24) is 14.8 Å². The summed E-state index contributed by atoms with van der Waals surface area (Å²) in [5.41, 5.74) is 3.07. The van der Waals surface area contributed by atoms with Crippen LogP contribution in [0.5, 0.6) is 11.5 Å². The number of phenols is 1. The normalized spacial score (nSPS) is 16.9. The number of aromatic hydroxyl groups is 1. The minimum Gasteiger partial charge on any atom is -0.504 e. The van der Waals surface area contributed by atoms with Crippen LogP contribution in [0.15, 0.2) is 58.9 Å². The molecular formula is C24H23N5O5S. The highest BCUT2D eigenvalue weighted by Gasteiger charge is 2.37. The Labute approximate surface area is 205 Å². The number of rotatable bonds is 7. The summed E-state index contributed by atoms with van der Waals surface area (Å²) in [6.45, 7) is 2.23. The number of benzene rings is 2. The summed E-state index contributed by atoms with van der Waals surface area (Å²) in [6, 6.07) is 11.0. The highest BCUT2D eigenvalue weighted by molar-refractivity contribution is 7.98. The Morgan fingerprint density at radius 3 is 2.94 bits per heavy atom. The first-order chi connectivity index (χ1) is 16.9. The summed E-state index contributed by atoms with van der Waals surface area (Å²) >= 11 is 1.36. The summed E-state index contributed by atoms with van der Waals surface area (Å²) in [4.78, 5) is 28.3. The molecular weight excluding hydrogens is 470 g/mol. The zero-order valence-electron chi connectivity index (χ0n) is 18.9. The lowest BCUT2D eigenvalue weighted by Crippen LogP contribution is -2.31. The summed E-state index contributed by atoms with van der Waals surface area (Å²) in [6.07, 6.45) is 1.96. The molecule has 5 rings (SSSR count). The SMILES string of the molecule is CCOc1cc(C2C3=C(CCCC3=O)Nc3nc(SCc4cccc([N+](=O)[O-])c4)nn32)ccc1O. The van der Waals surface area contributed by atoms with Crippen molar-refractivity contribution in [3.8, 4) is 11.5 Å². The van der Waals surface area contributed by atoms with E-state index in [0.717, 1.165) is 29.7 Å². The Morgan fingerprint density at radius 1 is 1.29 bits per heavy atom. The van der Waals surface area contributed by atoms with E-state index in [1.807, 2.05) is 13.0 Å². The number of nitro groups is 1. The van der Waals surface area contributed by atoms with Crippen molar-refractivity contribution in [1.29, 1.82) is 0 Å². The molecule has 0 amide bonds. The van der Waals surface area contributed by atoms with Gasteiger partial charge in [-0.05, 0) is 43.0 Å². The quantitative estimate of drug-likeness (QED) is 0.275. The highest BCUT2D eigenvalue weighted by atomic mass is 32.2. The number of anilines is 1. The van der Waals surface area contributed by atoms with E-state index in [4.69, 9.17) is 4.74 Å². The molecule has 0 saturated carbocycles. The molecule has 10 nitrogen and oxygen atoms in total. The van der Waals surface area contributed by atoms with E-state index in [9.17, 15) is 20.0 Å². The molecule has 0 fully saturated rings. The minimum absolute atomic E-state index is 0.0284. The largest absolute Gasteiger partial charge is 0.504 e. The van der Waals surface area contributed by atoms with Crippen molar-refractivity contribution in [3.63, 3.8) is 0 Å². The van der Waals surface area contributed by atoms with Crippen LogP contribution in [-0.2, 0) is 10.5 Å². The minimum atomic E-state index is -0.506. The van der Waals surface area contributed by atoms with Crippen molar-refractivity contribution < 1.29 is 19.6 Å². The maximum atomic E-state index is 13.0. The van der Waals surface area contributed by atoms with Crippen LogP contribution in [0.1, 0.15) is 43.4 Å². The van der Waals surface area contributed by atoms with Gasteiger partial charge in [0.15, 0.2) is 17.3 Å². The molecule has 0 spiro atoms. The molecule has 11 heteroatoms. The fourth-order valence-corrected chi connectivity index (χ4v) is 5.16. The smallest absolute Gasteiger partial charge is 0.269 e. The van der Waals surface area contributed by atoms with Crippen LogP contribution in [0, 0.1) is 10.1 Å². The number of phenolic OH excluding ortho intramolecular Hbond substituents is 1. The number of non-ortho nitro benzene ring substituents is 1. The van der Waals surface area contributed by atoms with Crippen molar-refractivity contribution in [2.24, 2.45) is 0 Å². The first-order valence-corrected chi connectivity index (χ1v) is 12.2.